The number of nitrogens with one attached hydrogen (secondary N) is 1. The second-order valence-corrected chi connectivity index (χ2v) is 10.3. The lowest BCUT2D eigenvalue weighted by Gasteiger charge is -2.15. The van der Waals surface area contributed by atoms with Gasteiger partial charge >= 0.3 is 0 Å². The Morgan fingerprint density at radius 1 is 1.11 bits per heavy atom. The predicted molar refractivity (Wildman–Crippen MR) is 145 cm³/mol. The van der Waals surface area contributed by atoms with Crippen molar-refractivity contribution in [2.45, 2.75) is 6.61 Å². The first kappa shape index (κ1) is 25.2. The zero-order valence-corrected chi connectivity index (χ0v) is 22.3. The molecule has 0 spiro atoms. The SMILES string of the molecule is COc1cc(/C=C2\SC(=S)N(NC(=O)c3ccc(Br)cc3)C2=O)ccc1OCc1ccc(Cl)cc1. The van der Waals surface area contributed by atoms with Gasteiger partial charge < -0.3 is 9.47 Å². The Morgan fingerprint density at radius 3 is 2.51 bits per heavy atom. The van der Waals surface area contributed by atoms with Crippen LogP contribution in [0.15, 0.2) is 76.1 Å². The van der Waals surface area contributed by atoms with Gasteiger partial charge in [0, 0.05) is 15.1 Å². The van der Waals surface area contributed by atoms with Crippen LogP contribution in [0, 0.1) is 0 Å². The summed E-state index contributed by atoms with van der Waals surface area (Å²) >= 11 is 15.7. The van der Waals surface area contributed by atoms with Crippen molar-refractivity contribution in [2.24, 2.45) is 0 Å². The summed E-state index contributed by atoms with van der Waals surface area (Å²) in [5.41, 5.74) is 4.67. The van der Waals surface area contributed by atoms with Gasteiger partial charge in [-0.3, -0.25) is 15.0 Å². The summed E-state index contributed by atoms with van der Waals surface area (Å²) in [7, 11) is 1.55. The molecule has 0 bridgehead atoms. The van der Waals surface area contributed by atoms with E-state index in [0.717, 1.165) is 32.4 Å². The normalized spacial score (nSPS) is 14.4. The van der Waals surface area contributed by atoms with E-state index in [4.69, 9.17) is 33.3 Å². The van der Waals surface area contributed by atoms with Crippen molar-refractivity contribution in [3.05, 3.63) is 97.8 Å². The number of ether oxygens (including phenoxy) is 2. The van der Waals surface area contributed by atoms with E-state index in [9.17, 15) is 9.59 Å². The summed E-state index contributed by atoms with van der Waals surface area (Å²) < 4.78 is 12.4. The van der Waals surface area contributed by atoms with Crippen molar-refractivity contribution in [2.75, 3.05) is 7.11 Å². The van der Waals surface area contributed by atoms with E-state index >= 15 is 0 Å². The van der Waals surface area contributed by atoms with Crippen LogP contribution >= 0.6 is 51.5 Å². The molecule has 10 heteroatoms. The Kier molecular flexibility index (Phi) is 8.12. The number of hydrogen-bond acceptors (Lipinski definition) is 6. The number of carbonyl (C=O) groups is 2. The molecule has 0 unspecified atom stereocenters. The van der Waals surface area contributed by atoms with Gasteiger partial charge in [-0.05, 0) is 78.0 Å². The van der Waals surface area contributed by atoms with E-state index in [2.05, 4.69) is 21.4 Å². The van der Waals surface area contributed by atoms with Crippen LogP contribution in [-0.2, 0) is 11.4 Å². The van der Waals surface area contributed by atoms with Gasteiger partial charge in [-0.1, -0.05) is 57.5 Å². The van der Waals surface area contributed by atoms with Crippen LogP contribution in [0.3, 0.4) is 0 Å². The Hall–Kier alpha value is -2.85. The van der Waals surface area contributed by atoms with Gasteiger partial charge in [0.2, 0.25) is 0 Å². The molecule has 1 saturated heterocycles. The molecule has 1 aliphatic rings. The minimum absolute atomic E-state index is 0.238. The van der Waals surface area contributed by atoms with E-state index in [-0.39, 0.29) is 4.32 Å². The standard InChI is InChI=1S/C25H18BrClN2O4S2/c1-32-21-12-16(4-11-20(21)33-14-15-2-9-19(27)10-3-15)13-22-24(31)29(25(34)35-22)28-23(30)17-5-7-18(26)8-6-17/h2-13H,14H2,1H3,(H,28,30)/b22-13-. The number of amides is 2. The zero-order valence-electron chi connectivity index (χ0n) is 18.3. The topological polar surface area (TPSA) is 67.9 Å². The summed E-state index contributed by atoms with van der Waals surface area (Å²) in [5.74, 6) is 0.243. The molecule has 0 aromatic heterocycles. The molecule has 1 fully saturated rings. The highest BCUT2D eigenvalue weighted by molar-refractivity contribution is 9.10. The summed E-state index contributed by atoms with van der Waals surface area (Å²) in [6.07, 6.45) is 1.69. The van der Waals surface area contributed by atoms with E-state index in [1.54, 1.807) is 61.7 Å². The number of methoxy groups -OCH3 is 1. The van der Waals surface area contributed by atoms with E-state index in [1.165, 1.54) is 0 Å². The molecule has 3 aromatic carbocycles. The van der Waals surface area contributed by atoms with Gasteiger partial charge in [0.25, 0.3) is 11.8 Å². The first-order valence-corrected chi connectivity index (χ1v) is 12.6. The van der Waals surface area contributed by atoms with Gasteiger partial charge in [0.1, 0.15) is 6.61 Å². The third-order valence-electron chi connectivity index (χ3n) is 4.91. The lowest BCUT2D eigenvalue weighted by molar-refractivity contribution is -0.123. The summed E-state index contributed by atoms with van der Waals surface area (Å²) in [6.45, 7) is 0.351. The highest BCUT2D eigenvalue weighted by atomic mass is 79.9. The highest BCUT2D eigenvalue weighted by Crippen LogP contribution is 2.34. The van der Waals surface area contributed by atoms with E-state index in [1.807, 2.05) is 18.2 Å². The van der Waals surface area contributed by atoms with Crippen molar-refractivity contribution in [1.82, 2.24) is 10.4 Å². The van der Waals surface area contributed by atoms with Crippen molar-refractivity contribution >= 4 is 73.7 Å². The average molecular weight is 590 g/mol. The largest absolute Gasteiger partial charge is 0.493 e. The number of rotatable bonds is 7. The molecule has 0 radical (unpaired) electrons. The van der Waals surface area contributed by atoms with Crippen molar-refractivity contribution in [3.63, 3.8) is 0 Å². The van der Waals surface area contributed by atoms with Crippen LogP contribution in [0.25, 0.3) is 6.08 Å². The summed E-state index contributed by atoms with van der Waals surface area (Å²) in [6, 6.07) is 19.5. The fourth-order valence-electron chi connectivity index (χ4n) is 3.12. The molecule has 0 atom stereocenters. The van der Waals surface area contributed by atoms with Crippen molar-refractivity contribution in [3.8, 4) is 11.5 Å². The van der Waals surface area contributed by atoms with Crippen LogP contribution in [0.4, 0.5) is 0 Å². The number of nitrogens with zero attached hydrogens (tertiary/aromatic N) is 1. The molecule has 3 aromatic rings. The molecule has 2 amide bonds. The fourth-order valence-corrected chi connectivity index (χ4v) is 4.69. The number of carbonyl (C=O) groups excluding carboxylic acids is 2. The zero-order chi connectivity index (χ0) is 24.9. The number of thiocarbonyl (C=S) groups is 1. The molecule has 0 aliphatic carbocycles. The summed E-state index contributed by atoms with van der Waals surface area (Å²) in [5, 5.41) is 1.74. The fraction of sp³-hybridized carbons (Fsp3) is 0.0800. The maximum Gasteiger partial charge on any atom is 0.285 e. The molecular weight excluding hydrogens is 572 g/mol. The number of benzene rings is 3. The van der Waals surface area contributed by atoms with E-state index < -0.39 is 11.8 Å². The highest BCUT2D eigenvalue weighted by Gasteiger charge is 2.33. The number of thioether (sulfide) groups is 1. The van der Waals surface area contributed by atoms with Gasteiger partial charge in [0.15, 0.2) is 15.8 Å². The molecule has 0 saturated carbocycles. The first-order chi connectivity index (χ1) is 16.8. The van der Waals surface area contributed by atoms with Crippen LogP contribution in [0.1, 0.15) is 21.5 Å². The van der Waals surface area contributed by atoms with Crippen LogP contribution in [0.5, 0.6) is 11.5 Å². The minimum Gasteiger partial charge on any atom is -0.493 e. The lowest BCUT2D eigenvalue weighted by atomic mass is 10.2. The monoisotopic (exact) mass is 588 g/mol. The van der Waals surface area contributed by atoms with Crippen molar-refractivity contribution in [1.29, 1.82) is 0 Å². The van der Waals surface area contributed by atoms with Gasteiger partial charge in [-0.2, -0.15) is 5.01 Å². The smallest absolute Gasteiger partial charge is 0.285 e. The van der Waals surface area contributed by atoms with Crippen LogP contribution < -0.4 is 14.9 Å². The molecule has 1 heterocycles. The third-order valence-corrected chi connectivity index (χ3v) is 6.99. The predicted octanol–water partition coefficient (Wildman–Crippen LogP) is 6.24. The molecule has 1 aliphatic heterocycles. The van der Waals surface area contributed by atoms with Crippen LogP contribution in [-0.4, -0.2) is 28.3 Å². The Bertz CT molecular complexity index is 1310. The first-order valence-electron chi connectivity index (χ1n) is 10.2. The van der Waals surface area contributed by atoms with E-state index in [0.29, 0.717) is 33.6 Å². The average Bonchev–Trinajstić information content (AvgIpc) is 3.11. The lowest BCUT2D eigenvalue weighted by Crippen LogP contribution is -2.44. The maximum atomic E-state index is 12.9. The molecule has 1 N–H and O–H groups in total. The number of hydrogen-bond donors (Lipinski definition) is 1. The number of halogens is 2. The molecule has 35 heavy (non-hydrogen) atoms. The van der Waals surface area contributed by atoms with Crippen LogP contribution in [0.2, 0.25) is 5.02 Å². The van der Waals surface area contributed by atoms with Gasteiger partial charge in [-0.25, -0.2) is 0 Å². The second-order valence-electron chi connectivity index (χ2n) is 7.29. The molecule has 178 valence electrons. The molecule has 6 nitrogen and oxygen atoms in total. The molecular formula is C25H18BrClN2O4S2. The Labute approximate surface area is 225 Å². The Balaban J connectivity index is 1.46. The second kappa shape index (κ2) is 11.3. The Morgan fingerprint density at radius 2 is 1.83 bits per heavy atom. The maximum absolute atomic E-state index is 12.9. The van der Waals surface area contributed by atoms with Gasteiger partial charge in [0.05, 0.1) is 12.0 Å². The summed E-state index contributed by atoms with van der Waals surface area (Å²) in [4.78, 5) is 25.8. The van der Waals surface area contributed by atoms with Crippen molar-refractivity contribution < 1.29 is 19.1 Å². The van der Waals surface area contributed by atoms with Gasteiger partial charge in [-0.15, -0.1) is 0 Å². The molecule has 4 rings (SSSR count). The quantitative estimate of drug-likeness (QED) is 0.260. The number of hydrazine groups is 1. The third kappa shape index (κ3) is 6.24. The minimum atomic E-state index is -0.432.